The molecule has 0 amide bonds. The van der Waals surface area contributed by atoms with Crippen LogP contribution >= 0.6 is 22.7 Å². The lowest BCUT2D eigenvalue weighted by molar-refractivity contribution is 0.305. The molecule has 0 unspecified atom stereocenters. The van der Waals surface area contributed by atoms with E-state index in [2.05, 4.69) is 47.5 Å². The van der Waals surface area contributed by atoms with Crippen LogP contribution in [0.2, 0.25) is 0 Å². The van der Waals surface area contributed by atoms with E-state index in [-0.39, 0.29) is 0 Å². The van der Waals surface area contributed by atoms with E-state index >= 15 is 0 Å². The van der Waals surface area contributed by atoms with Gasteiger partial charge in [0.05, 0.1) is 13.2 Å². The summed E-state index contributed by atoms with van der Waals surface area (Å²) < 4.78 is 11.4. The molecule has 0 aliphatic carbocycles. The molecule has 0 atom stereocenters. The lowest BCUT2D eigenvalue weighted by atomic mass is 10.0. The van der Waals surface area contributed by atoms with Gasteiger partial charge in [-0.1, -0.05) is 219 Å². The predicted octanol–water partition coefficient (Wildman–Crippen LogP) is 17.6. The van der Waals surface area contributed by atoms with E-state index in [9.17, 15) is 0 Å². The third-order valence-corrected chi connectivity index (χ3v) is 11.3. The van der Waals surface area contributed by atoms with Crippen molar-refractivity contribution in [1.29, 1.82) is 0 Å². The van der Waals surface area contributed by atoms with E-state index in [0.29, 0.717) is 0 Å². The Morgan fingerprint density at radius 1 is 0.320 bits per heavy atom. The van der Waals surface area contributed by atoms with Crippen molar-refractivity contribution >= 4 is 22.7 Å². The maximum Gasteiger partial charge on any atom is 0.129 e. The molecule has 0 radical (unpaired) electrons. The van der Waals surface area contributed by atoms with Gasteiger partial charge in [0.1, 0.15) is 11.5 Å². The van der Waals surface area contributed by atoms with Gasteiger partial charge in [0.2, 0.25) is 0 Å². The summed E-state index contributed by atoms with van der Waals surface area (Å²) >= 11 is 3.41. The van der Waals surface area contributed by atoms with Gasteiger partial charge in [0.25, 0.3) is 0 Å². The molecule has 2 rings (SSSR count). The molecule has 0 N–H and O–H groups in total. The van der Waals surface area contributed by atoms with Crippen LogP contribution < -0.4 is 9.47 Å². The standard InChI is InChI=1S/C24H44OS.C22H40OS/c1-2-3-4-5-6-7-8-9-10-11-12-13-14-15-16-17-18-19-21-25-24-20-22-26-23-24;1-2-3-4-5-6-7-8-9-10-11-12-13-14-15-16-17-19-23-22-18-20-24-21-22/h20,22-23H,2-19,21H2,1H3;18,20-21H,2-17,19H2,1H3. The van der Waals surface area contributed by atoms with Crippen LogP contribution in [0, 0.1) is 0 Å². The number of thiophene rings is 2. The highest BCUT2D eigenvalue weighted by Gasteiger charge is 1.98. The first-order chi connectivity index (χ1) is 24.9. The van der Waals surface area contributed by atoms with E-state index in [4.69, 9.17) is 9.47 Å². The molecule has 50 heavy (non-hydrogen) atoms. The van der Waals surface area contributed by atoms with Gasteiger partial charge in [0, 0.05) is 10.8 Å². The fourth-order valence-corrected chi connectivity index (χ4v) is 7.85. The van der Waals surface area contributed by atoms with Crippen molar-refractivity contribution in [1.82, 2.24) is 0 Å². The number of unbranched alkanes of at least 4 members (excludes halogenated alkanes) is 32. The Bertz CT molecular complexity index is 834. The zero-order chi connectivity index (χ0) is 35.7. The van der Waals surface area contributed by atoms with Gasteiger partial charge in [-0.3, -0.25) is 0 Å². The van der Waals surface area contributed by atoms with E-state index in [0.717, 1.165) is 24.7 Å². The van der Waals surface area contributed by atoms with Crippen LogP contribution in [0.5, 0.6) is 11.5 Å². The number of ether oxygens (including phenoxy) is 2. The van der Waals surface area contributed by atoms with Gasteiger partial charge >= 0.3 is 0 Å². The van der Waals surface area contributed by atoms with E-state index in [1.165, 1.54) is 218 Å². The molecule has 0 saturated carbocycles. The molecule has 292 valence electrons. The minimum absolute atomic E-state index is 0.884. The zero-order valence-corrected chi connectivity index (χ0v) is 35.2. The third-order valence-electron chi connectivity index (χ3n) is 10.0. The Morgan fingerprint density at radius 2 is 0.540 bits per heavy atom. The van der Waals surface area contributed by atoms with Gasteiger partial charge in [-0.05, 0) is 35.7 Å². The molecule has 2 aromatic rings. The summed E-state index contributed by atoms with van der Waals surface area (Å²) in [4.78, 5) is 0. The average molecular weight is 733 g/mol. The van der Waals surface area contributed by atoms with Gasteiger partial charge in [-0.25, -0.2) is 0 Å². The highest BCUT2D eigenvalue weighted by atomic mass is 32.1. The second kappa shape index (κ2) is 40.8. The molecule has 0 spiro atoms. The monoisotopic (exact) mass is 733 g/mol. The topological polar surface area (TPSA) is 18.5 Å². The summed E-state index contributed by atoms with van der Waals surface area (Å²) in [5.74, 6) is 2.09. The fraction of sp³-hybridized carbons (Fsp3) is 0.826. The summed E-state index contributed by atoms with van der Waals surface area (Å²) in [6.45, 7) is 6.36. The summed E-state index contributed by atoms with van der Waals surface area (Å²) in [5.41, 5.74) is 0. The first-order valence-corrected chi connectivity index (χ1v) is 24.0. The fourth-order valence-electron chi connectivity index (χ4n) is 6.70. The van der Waals surface area contributed by atoms with Gasteiger partial charge in [-0.15, -0.1) is 22.7 Å². The lowest BCUT2D eigenvalue weighted by Crippen LogP contribution is -1.95. The average Bonchev–Trinajstić information content (AvgIpc) is 3.86. The van der Waals surface area contributed by atoms with Crippen molar-refractivity contribution in [3.8, 4) is 11.5 Å². The Hall–Kier alpha value is -1.00. The quantitative estimate of drug-likeness (QED) is 0.0640. The maximum absolute atomic E-state index is 5.69. The van der Waals surface area contributed by atoms with Crippen LogP contribution in [0.25, 0.3) is 0 Å². The molecule has 0 aliphatic rings. The van der Waals surface area contributed by atoms with Crippen molar-refractivity contribution in [2.24, 2.45) is 0 Å². The van der Waals surface area contributed by atoms with Crippen LogP contribution in [0.3, 0.4) is 0 Å². The SMILES string of the molecule is CCCCCCCCCCCCCCCCCCCCOc1ccsc1.CCCCCCCCCCCCCCCCCCOc1ccsc1. The van der Waals surface area contributed by atoms with Gasteiger partial charge < -0.3 is 9.47 Å². The second-order valence-electron chi connectivity index (χ2n) is 14.9. The normalized spacial score (nSPS) is 11.1. The van der Waals surface area contributed by atoms with Crippen LogP contribution in [-0.2, 0) is 0 Å². The second-order valence-corrected chi connectivity index (χ2v) is 16.5. The summed E-state index contributed by atoms with van der Waals surface area (Å²) in [6, 6.07) is 4.11. The van der Waals surface area contributed by atoms with E-state index in [1.54, 1.807) is 22.7 Å². The summed E-state index contributed by atoms with van der Waals surface area (Å²) in [5, 5.41) is 8.30. The largest absolute Gasteiger partial charge is 0.493 e. The van der Waals surface area contributed by atoms with Crippen molar-refractivity contribution in [3.05, 3.63) is 33.7 Å². The third kappa shape index (κ3) is 35.4. The number of hydrogen-bond donors (Lipinski definition) is 0. The summed E-state index contributed by atoms with van der Waals surface area (Å²) in [6.07, 6.45) is 48.4. The molecule has 0 fully saturated rings. The molecule has 0 aromatic carbocycles. The van der Waals surface area contributed by atoms with Crippen LogP contribution in [0.4, 0.5) is 0 Å². The zero-order valence-electron chi connectivity index (χ0n) is 33.6. The number of rotatable bonds is 38. The molecular formula is C46H84O2S2. The Balaban J connectivity index is 0.000000502. The molecule has 2 aromatic heterocycles. The molecule has 0 saturated heterocycles. The minimum Gasteiger partial charge on any atom is -0.493 e. The van der Waals surface area contributed by atoms with Crippen LogP contribution in [0.1, 0.15) is 232 Å². The Kier molecular flexibility index (Phi) is 38.3. The van der Waals surface area contributed by atoms with Gasteiger partial charge in [0.15, 0.2) is 0 Å². The van der Waals surface area contributed by atoms with Crippen molar-refractivity contribution in [3.63, 3.8) is 0 Å². The van der Waals surface area contributed by atoms with E-state index < -0.39 is 0 Å². The van der Waals surface area contributed by atoms with Crippen molar-refractivity contribution < 1.29 is 9.47 Å². The first-order valence-electron chi connectivity index (χ1n) is 22.2. The lowest BCUT2D eigenvalue weighted by Gasteiger charge is -2.05. The first kappa shape index (κ1) is 47.0. The smallest absolute Gasteiger partial charge is 0.129 e. The van der Waals surface area contributed by atoms with Crippen molar-refractivity contribution in [2.75, 3.05) is 13.2 Å². The van der Waals surface area contributed by atoms with Crippen molar-refractivity contribution in [2.45, 2.75) is 232 Å². The van der Waals surface area contributed by atoms with E-state index in [1.807, 2.05) is 0 Å². The highest BCUT2D eigenvalue weighted by Crippen LogP contribution is 2.18. The molecule has 2 nitrogen and oxygen atoms in total. The minimum atomic E-state index is 0.884. The molecule has 2 heterocycles. The molecule has 0 bridgehead atoms. The molecule has 0 aliphatic heterocycles. The molecule has 4 heteroatoms. The van der Waals surface area contributed by atoms with Crippen LogP contribution in [0.15, 0.2) is 33.7 Å². The number of hydrogen-bond acceptors (Lipinski definition) is 4. The highest BCUT2D eigenvalue weighted by molar-refractivity contribution is 7.08. The maximum atomic E-state index is 5.69. The van der Waals surface area contributed by atoms with Gasteiger partial charge in [-0.2, -0.15) is 0 Å². The molecular weight excluding hydrogens is 649 g/mol. The predicted molar refractivity (Wildman–Crippen MR) is 228 cm³/mol. The Labute approximate surface area is 321 Å². The Morgan fingerprint density at radius 3 is 0.740 bits per heavy atom. The summed E-state index contributed by atoms with van der Waals surface area (Å²) in [7, 11) is 0. The van der Waals surface area contributed by atoms with Crippen LogP contribution in [-0.4, -0.2) is 13.2 Å².